The zero-order valence-corrected chi connectivity index (χ0v) is 10.8. The zero-order valence-electron chi connectivity index (χ0n) is 10.8. The highest BCUT2D eigenvalue weighted by Crippen LogP contribution is 2.28. The van der Waals surface area contributed by atoms with Crippen LogP contribution in [0.15, 0.2) is 30.6 Å². The Kier molecular flexibility index (Phi) is 4.22. The molecule has 2 aromatic rings. The van der Waals surface area contributed by atoms with E-state index in [-0.39, 0.29) is 5.75 Å². The molecule has 0 aliphatic carbocycles. The van der Waals surface area contributed by atoms with Crippen LogP contribution in [0.4, 0.5) is 15.8 Å². The second-order valence-electron chi connectivity index (χ2n) is 4.00. The highest BCUT2D eigenvalue weighted by molar-refractivity contribution is 5.68. The quantitative estimate of drug-likeness (QED) is 0.784. The first-order valence-corrected chi connectivity index (χ1v) is 6.14. The van der Waals surface area contributed by atoms with Gasteiger partial charge >= 0.3 is 0 Å². The number of nitrogens with one attached hydrogen (secondary N) is 1. The molecule has 102 valence electrons. The van der Waals surface area contributed by atoms with Gasteiger partial charge in [0, 0.05) is 31.1 Å². The Morgan fingerprint density at radius 1 is 1.47 bits per heavy atom. The maximum atomic E-state index is 13.5. The Morgan fingerprint density at radius 3 is 3.00 bits per heavy atom. The van der Waals surface area contributed by atoms with Crippen LogP contribution in [0.3, 0.4) is 0 Å². The van der Waals surface area contributed by atoms with Crippen molar-refractivity contribution in [1.82, 2.24) is 9.78 Å². The zero-order chi connectivity index (χ0) is 13.7. The van der Waals surface area contributed by atoms with Gasteiger partial charge in [0.1, 0.15) is 0 Å². The van der Waals surface area contributed by atoms with Gasteiger partial charge in [0.2, 0.25) is 0 Å². The molecule has 0 saturated heterocycles. The largest absolute Gasteiger partial charge is 0.491 e. The summed E-state index contributed by atoms with van der Waals surface area (Å²) in [4.78, 5) is 0. The van der Waals surface area contributed by atoms with E-state index in [9.17, 15) is 4.39 Å². The third-order valence-corrected chi connectivity index (χ3v) is 2.62. The molecule has 0 unspecified atom stereocenters. The Hall–Kier alpha value is -2.24. The van der Waals surface area contributed by atoms with Crippen molar-refractivity contribution in [3.63, 3.8) is 0 Å². The normalized spacial score (nSPS) is 10.4. The van der Waals surface area contributed by atoms with Gasteiger partial charge in [-0.25, -0.2) is 4.39 Å². The molecule has 0 aliphatic rings. The van der Waals surface area contributed by atoms with Crippen molar-refractivity contribution in [3.8, 4) is 5.75 Å². The van der Waals surface area contributed by atoms with E-state index in [4.69, 9.17) is 10.5 Å². The third-order valence-electron chi connectivity index (χ3n) is 2.62. The number of halogens is 1. The summed E-state index contributed by atoms with van der Waals surface area (Å²) in [6.45, 7) is 3.56. The summed E-state index contributed by atoms with van der Waals surface area (Å²) >= 11 is 0. The van der Waals surface area contributed by atoms with Crippen LogP contribution in [0, 0.1) is 5.82 Å². The summed E-state index contributed by atoms with van der Waals surface area (Å²) in [5.41, 5.74) is 6.79. The molecule has 1 heterocycles. The van der Waals surface area contributed by atoms with E-state index in [0.29, 0.717) is 31.1 Å². The maximum absolute atomic E-state index is 13.5. The summed E-state index contributed by atoms with van der Waals surface area (Å²) in [5, 5.41) is 7.24. The molecule has 0 bridgehead atoms. The second-order valence-corrected chi connectivity index (χ2v) is 4.00. The molecule has 0 atom stereocenters. The van der Waals surface area contributed by atoms with Gasteiger partial charge in [0.25, 0.3) is 0 Å². The monoisotopic (exact) mass is 264 g/mol. The van der Waals surface area contributed by atoms with Crippen molar-refractivity contribution in [2.24, 2.45) is 0 Å². The highest BCUT2D eigenvalue weighted by Gasteiger charge is 2.08. The minimum Gasteiger partial charge on any atom is -0.491 e. The molecule has 1 aromatic heterocycles. The van der Waals surface area contributed by atoms with Crippen molar-refractivity contribution < 1.29 is 9.13 Å². The number of benzene rings is 1. The van der Waals surface area contributed by atoms with Gasteiger partial charge in [-0.15, -0.1) is 0 Å². The molecule has 0 spiro atoms. The summed E-state index contributed by atoms with van der Waals surface area (Å²) in [5.74, 6) is -0.240. The molecule has 19 heavy (non-hydrogen) atoms. The van der Waals surface area contributed by atoms with Crippen LogP contribution in [0.5, 0.6) is 5.75 Å². The Bertz CT molecular complexity index is 528. The molecule has 0 aliphatic heterocycles. The lowest BCUT2D eigenvalue weighted by atomic mass is 10.2. The first-order valence-electron chi connectivity index (χ1n) is 6.14. The van der Waals surface area contributed by atoms with Crippen LogP contribution in [0.1, 0.15) is 6.92 Å². The molecule has 0 saturated carbocycles. The van der Waals surface area contributed by atoms with E-state index in [0.717, 1.165) is 0 Å². The number of nitrogens with zero attached hydrogens (tertiary/aromatic N) is 2. The van der Waals surface area contributed by atoms with Crippen LogP contribution in [0.25, 0.3) is 0 Å². The number of aromatic nitrogens is 2. The standard InChI is InChI=1S/C13H17FN4O/c1-2-19-13-9-12(11(15)8-10(13)14)16-5-7-18-6-3-4-17-18/h3-4,6,8-9,16H,2,5,7,15H2,1H3. The van der Waals surface area contributed by atoms with E-state index in [1.165, 1.54) is 6.07 Å². The molecule has 0 radical (unpaired) electrons. The molecular weight excluding hydrogens is 247 g/mol. The smallest absolute Gasteiger partial charge is 0.167 e. The number of ether oxygens (including phenoxy) is 1. The van der Waals surface area contributed by atoms with Crippen molar-refractivity contribution in [2.75, 3.05) is 24.2 Å². The lowest BCUT2D eigenvalue weighted by Gasteiger charge is -2.12. The lowest BCUT2D eigenvalue weighted by molar-refractivity contribution is 0.322. The van der Waals surface area contributed by atoms with Crippen LogP contribution < -0.4 is 15.8 Å². The van der Waals surface area contributed by atoms with Crippen LogP contribution in [0.2, 0.25) is 0 Å². The number of rotatable bonds is 6. The van der Waals surface area contributed by atoms with Crippen LogP contribution >= 0.6 is 0 Å². The van der Waals surface area contributed by atoms with E-state index in [1.807, 2.05) is 12.3 Å². The predicted molar refractivity (Wildman–Crippen MR) is 72.7 cm³/mol. The van der Waals surface area contributed by atoms with Gasteiger partial charge in [0.15, 0.2) is 11.6 Å². The average Bonchev–Trinajstić information content (AvgIpc) is 2.88. The van der Waals surface area contributed by atoms with E-state index < -0.39 is 5.82 Å². The fraction of sp³-hybridized carbons (Fsp3) is 0.308. The van der Waals surface area contributed by atoms with Crippen LogP contribution in [-0.2, 0) is 6.54 Å². The van der Waals surface area contributed by atoms with Gasteiger partial charge in [-0.2, -0.15) is 5.10 Å². The van der Waals surface area contributed by atoms with Crippen LogP contribution in [-0.4, -0.2) is 22.9 Å². The molecule has 0 amide bonds. The third kappa shape index (κ3) is 3.37. The topological polar surface area (TPSA) is 65.1 Å². The van der Waals surface area contributed by atoms with E-state index in [2.05, 4.69) is 10.4 Å². The lowest BCUT2D eigenvalue weighted by Crippen LogP contribution is -2.12. The molecular formula is C13H17FN4O. The van der Waals surface area contributed by atoms with Crippen molar-refractivity contribution in [2.45, 2.75) is 13.5 Å². The van der Waals surface area contributed by atoms with Crippen molar-refractivity contribution >= 4 is 11.4 Å². The van der Waals surface area contributed by atoms with Gasteiger partial charge < -0.3 is 15.8 Å². The Morgan fingerprint density at radius 2 is 2.32 bits per heavy atom. The Balaban J connectivity index is 2.00. The molecule has 6 heteroatoms. The average molecular weight is 264 g/mol. The van der Waals surface area contributed by atoms with E-state index >= 15 is 0 Å². The van der Waals surface area contributed by atoms with Crippen molar-refractivity contribution in [3.05, 3.63) is 36.4 Å². The molecule has 1 aromatic carbocycles. The second kappa shape index (κ2) is 6.08. The molecule has 2 rings (SSSR count). The summed E-state index contributed by atoms with van der Waals surface area (Å²) in [6, 6.07) is 4.71. The van der Waals surface area contributed by atoms with Gasteiger partial charge in [-0.3, -0.25) is 4.68 Å². The molecule has 5 nitrogen and oxygen atoms in total. The maximum Gasteiger partial charge on any atom is 0.167 e. The highest BCUT2D eigenvalue weighted by atomic mass is 19.1. The minimum atomic E-state index is -0.447. The SMILES string of the molecule is CCOc1cc(NCCn2cccn2)c(N)cc1F. The summed E-state index contributed by atoms with van der Waals surface area (Å²) < 4.78 is 20.5. The van der Waals surface area contributed by atoms with Crippen molar-refractivity contribution in [1.29, 1.82) is 0 Å². The van der Waals surface area contributed by atoms with Gasteiger partial charge in [-0.1, -0.05) is 0 Å². The first-order chi connectivity index (χ1) is 9.20. The molecule has 0 fully saturated rings. The minimum absolute atomic E-state index is 0.207. The first kappa shape index (κ1) is 13.2. The number of hydrogen-bond donors (Lipinski definition) is 2. The van der Waals surface area contributed by atoms with Gasteiger partial charge in [-0.05, 0) is 13.0 Å². The predicted octanol–water partition coefficient (Wildman–Crippen LogP) is 2.12. The summed E-state index contributed by atoms with van der Waals surface area (Å²) in [6.07, 6.45) is 3.60. The number of nitrogens with two attached hydrogens (primary N) is 1. The fourth-order valence-corrected chi connectivity index (χ4v) is 1.73. The van der Waals surface area contributed by atoms with Gasteiger partial charge in [0.05, 0.1) is 24.5 Å². The number of hydrogen-bond acceptors (Lipinski definition) is 4. The molecule has 3 N–H and O–H groups in total. The van der Waals surface area contributed by atoms with E-state index in [1.54, 1.807) is 23.9 Å². The fourth-order valence-electron chi connectivity index (χ4n) is 1.73. The Labute approximate surface area is 111 Å². The summed E-state index contributed by atoms with van der Waals surface area (Å²) in [7, 11) is 0. The number of nitrogen functional groups attached to an aromatic ring is 1. The number of anilines is 2.